The summed E-state index contributed by atoms with van der Waals surface area (Å²) in [7, 11) is 2.08. The first kappa shape index (κ1) is 13.1. The molecule has 1 aromatic rings. The number of nitrogens with one attached hydrogen (secondary N) is 1. The van der Waals surface area contributed by atoms with E-state index in [2.05, 4.69) is 48.5 Å². The lowest BCUT2D eigenvalue weighted by atomic mass is 10.1. The fourth-order valence-electron chi connectivity index (χ4n) is 3.59. The normalized spacial score (nSPS) is 32.0. The first-order valence-corrected chi connectivity index (χ1v) is 7.40. The van der Waals surface area contributed by atoms with Crippen molar-refractivity contribution < 1.29 is 4.74 Å². The number of hydrogen-bond donors (Lipinski definition) is 1. The van der Waals surface area contributed by atoms with Crippen molar-refractivity contribution in [3.63, 3.8) is 0 Å². The Morgan fingerprint density at radius 1 is 1.32 bits per heavy atom. The Labute approximate surface area is 115 Å². The van der Waals surface area contributed by atoms with E-state index in [1.165, 1.54) is 11.1 Å². The Balaban J connectivity index is 1.82. The van der Waals surface area contributed by atoms with Gasteiger partial charge in [0.25, 0.3) is 0 Å². The summed E-state index contributed by atoms with van der Waals surface area (Å²) in [4.78, 5) is 2.62. The lowest BCUT2D eigenvalue weighted by molar-refractivity contribution is 0.0579. The quantitative estimate of drug-likeness (QED) is 0.880. The van der Waals surface area contributed by atoms with Gasteiger partial charge in [0, 0.05) is 31.8 Å². The molecule has 3 rings (SSSR count). The van der Waals surface area contributed by atoms with E-state index in [0.29, 0.717) is 18.2 Å². The first-order chi connectivity index (χ1) is 9.29. The second-order valence-electron chi connectivity index (χ2n) is 5.77. The molecule has 1 aromatic carbocycles. The van der Waals surface area contributed by atoms with Crippen LogP contribution < -0.4 is 5.32 Å². The minimum Gasteiger partial charge on any atom is -0.377 e. The summed E-state index contributed by atoms with van der Waals surface area (Å²) in [5.74, 6) is 0. The zero-order chi connectivity index (χ0) is 13.2. The average molecular weight is 260 g/mol. The average Bonchev–Trinajstić information content (AvgIpc) is 2.66. The molecule has 1 fully saturated rings. The second-order valence-corrected chi connectivity index (χ2v) is 5.77. The van der Waals surface area contributed by atoms with Gasteiger partial charge in [-0.1, -0.05) is 24.3 Å². The molecule has 3 atom stereocenters. The number of nitrogens with zero attached hydrogens (tertiary/aromatic N) is 1. The zero-order valence-corrected chi connectivity index (χ0v) is 11.9. The summed E-state index contributed by atoms with van der Waals surface area (Å²) in [6.45, 7) is 5.30. The van der Waals surface area contributed by atoms with Crippen LogP contribution in [0.4, 0.5) is 0 Å². The summed E-state index contributed by atoms with van der Waals surface area (Å²) in [5, 5.41) is 3.52. The Bertz CT molecular complexity index is 435. The Morgan fingerprint density at radius 3 is 3.00 bits per heavy atom. The summed E-state index contributed by atoms with van der Waals surface area (Å²) >= 11 is 0. The number of rotatable bonds is 2. The van der Waals surface area contributed by atoms with Crippen LogP contribution in [0.1, 0.15) is 30.5 Å². The van der Waals surface area contributed by atoms with Crippen molar-refractivity contribution >= 4 is 0 Å². The number of likely N-dealkylation sites (N-methyl/N-ethyl adjacent to an activating group) is 1. The molecular weight excluding hydrogens is 236 g/mol. The fraction of sp³-hybridized carbons (Fsp3) is 0.625. The highest BCUT2D eigenvalue weighted by molar-refractivity contribution is 5.37. The second kappa shape index (κ2) is 5.61. The lowest BCUT2D eigenvalue weighted by Crippen LogP contribution is -2.44. The Hall–Kier alpha value is -0.900. The summed E-state index contributed by atoms with van der Waals surface area (Å²) in [6.07, 6.45) is 2.66. The maximum atomic E-state index is 5.78. The van der Waals surface area contributed by atoms with Gasteiger partial charge in [0.1, 0.15) is 0 Å². The van der Waals surface area contributed by atoms with Gasteiger partial charge < -0.3 is 10.1 Å². The molecule has 19 heavy (non-hydrogen) atoms. The molecule has 104 valence electrons. The highest BCUT2D eigenvalue weighted by Gasteiger charge is 2.36. The third kappa shape index (κ3) is 2.55. The van der Waals surface area contributed by atoms with Crippen molar-refractivity contribution in [2.75, 3.05) is 26.7 Å². The van der Waals surface area contributed by atoms with Crippen LogP contribution in [-0.4, -0.2) is 43.8 Å². The predicted octanol–water partition coefficient (Wildman–Crippen LogP) is 1.98. The highest BCUT2D eigenvalue weighted by atomic mass is 16.5. The maximum Gasteiger partial charge on any atom is 0.0674 e. The van der Waals surface area contributed by atoms with E-state index < -0.39 is 0 Å². The highest BCUT2D eigenvalue weighted by Crippen LogP contribution is 2.34. The number of fused-ring (bicyclic) bond motifs is 1. The molecular formula is C16H24N2O. The third-order valence-corrected chi connectivity index (χ3v) is 4.47. The van der Waals surface area contributed by atoms with E-state index in [1.54, 1.807) is 0 Å². The molecule has 0 spiro atoms. The van der Waals surface area contributed by atoms with Crippen LogP contribution >= 0.6 is 0 Å². The van der Waals surface area contributed by atoms with Crippen molar-refractivity contribution in [2.45, 2.75) is 38.0 Å². The van der Waals surface area contributed by atoms with Crippen LogP contribution in [0.3, 0.4) is 0 Å². The van der Waals surface area contributed by atoms with Gasteiger partial charge in [-0.15, -0.1) is 0 Å². The fourth-order valence-corrected chi connectivity index (χ4v) is 3.59. The molecule has 3 heteroatoms. The zero-order valence-electron chi connectivity index (χ0n) is 11.9. The molecule has 1 saturated heterocycles. The van der Waals surface area contributed by atoms with Gasteiger partial charge in [-0.25, -0.2) is 0 Å². The topological polar surface area (TPSA) is 24.5 Å². The molecule has 0 aromatic heterocycles. The van der Waals surface area contributed by atoms with Gasteiger partial charge in [0.05, 0.1) is 6.10 Å². The van der Waals surface area contributed by atoms with Crippen molar-refractivity contribution in [1.29, 1.82) is 0 Å². The van der Waals surface area contributed by atoms with Crippen molar-refractivity contribution in [3.05, 3.63) is 35.4 Å². The number of benzene rings is 1. The lowest BCUT2D eigenvalue weighted by Gasteiger charge is -2.33. The van der Waals surface area contributed by atoms with Gasteiger partial charge in [0.15, 0.2) is 0 Å². The molecule has 1 aliphatic carbocycles. The summed E-state index contributed by atoms with van der Waals surface area (Å²) in [6, 6.07) is 9.89. The van der Waals surface area contributed by atoms with Crippen molar-refractivity contribution in [2.24, 2.45) is 0 Å². The van der Waals surface area contributed by atoms with Crippen molar-refractivity contribution in [3.8, 4) is 0 Å². The standard InChI is InChI=1S/C16H24N2O/c1-12-11-18(8-5-9-19-12)15-10-13-6-3-4-7-14(13)16(15)17-2/h3-4,6-7,12,15-17H,5,8-11H2,1-2H3. The van der Waals surface area contributed by atoms with Gasteiger partial charge in [-0.2, -0.15) is 0 Å². The molecule has 0 bridgehead atoms. The molecule has 1 aliphatic heterocycles. The largest absolute Gasteiger partial charge is 0.377 e. The van der Waals surface area contributed by atoms with Gasteiger partial charge >= 0.3 is 0 Å². The van der Waals surface area contributed by atoms with E-state index in [0.717, 1.165) is 32.5 Å². The number of hydrogen-bond acceptors (Lipinski definition) is 3. The molecule has 1 N–H and O–H groups in total. The van der Waals surface area contributed by atoms with E-state index >= 15 is 0 Å². The minimum atomic E-state index is 0.351. The predicted molar refractivity (Wildman–Crippen MR) is 77.3 cm³/mol. The maximum absolute atomic E-state index is 5.78. The molecule has 0 amide bonds. The van der Waals surface area contributed by atoms with Crippen LogP contribution in [0.2, 0.25) is 0 Å². The molecule has 2 aliphatic rings. The van der Waals surface area contributed by atoms with Crippen LogP contribution in [0.15, 0.2) is 24.3 Å². The third-order valence-electron chi connectivity index (χ3n) is 4.47. The molecule has 0 saturated carbocycles. The molecule has 0 radical (unpaired) electrons. The Morgan fingerprint density at radius 2 is 2.16 bits per heavy atom. The molecule has 3 unspecified atom stereocenters. The van der Waals surface area contributed by atoms with Crippen LogP contribution in [0.25, 0.3) is 0 Å². The van der Waals surface area contributed by atoms with E-state index in [9.17, 15) is 0 Å². The van der Waals surface area contributed by atoms with Gasteiger partial charge in [0.2, 0.25) is 0 Å². The number of ether oxygens (including phenoxy) is 1. The van der Waals surface area contributed by atoms with E-state index in [4.69, 9.17) is 4.74 Å². The van der Waals surface area contributed by atoms with E-state index in [-0.39, 0.29) is 0 Å². The first-order valence-electron chi connectivity index (χ1n) is 7.40. The summed E-state index contributed by atoms with van der Waals surface area (Å²) < 4.78 is 5.78. The van der Waals surface area contributed by atoms with Crippen molar-refractivity contribution in [1.82, 2.24) is 10.2 Å². The van der Waals surface area contributed by atoms with Gasteiger partial charge in [-0.05, 0) is 37.9 Å². The molecule has 1 heterocycles. The van der Waals surface area contributed by atoms with Crippen LogP contribution in [-0.2, 0) is 11.2 Å². The van der Waals surface area contributed by atoms with E-state index in [1.807, 2.05) is 0 Å². The molecule has 3 nitrogen and oxygen atoms in total. The summed E-state index contributed by atoms with van der Waals surface area (Å²) in [5.41, 5.74) is 2.98. The Kier molecular flexibility index (Phi) is 3.87. The smallest absolute Gasteiger partial charge is 0.0674 e. The van der Waals surface area contributed by atoms with Gasteiger partial charge in [-0.3, -0.25) is 4.90 Å². The van der Waals surface area contributed by atoms with Crippen LogP contribution in [0.5, 0.6) is 0 Å². The minimum absolute atomic E-state index is 0.351. The SMILES string of the molecule is CNC1c2ccccc2CC1N1CCCOC(C)C1. The monoisotopic (exact) mass is 260 g/mol. The van der Waals surface area contributed by atoms with Crippen LogP contribution in [0, 0.1) is 0 Å².